The van der Waals surface area contributed by atoms with Crippen LogP contribution in [0.4, 0.5) is 0 Å². The van der Waals surface area contributed by atoms with Crippen LogP contribution in [0, 0.1) is 13.8 Å². The van der Waals surface area contributed by atoms with Gasteiger partial charge < -0.3 is 4.40 Å². The lowest BCUT2D eigenvalue weighted by atomic mass is 9.81. The van der Waals surface area contributed by atoms with Crippen molar-refractivity contribution in [3.05, 3.63) is 94.7 Å². The van der Waals surface area contributed by atoms with Crippen LogP contribution in [0.2, 0.25) is 0 Å². The lowest BCUT2D eigenvalue weighted by Crippen LogP contribution is -2.29. The van der Waals surface area contributed by atoms with Gasteiger partial charge in [0.2, 0.25) is 5.52 Å². The lowest BCUT2D eigenvalue weighted by Gasteiger charge is -2.24. The third-order valence-electron chi connectivity index (χ3n) is 9.59. The fourth-order valence-corrected chi connectivity index (χ4v) is 7.29. The van der Waals surface area contributed by atoms with Crippen LogP contribution >= 0.6 is 0 Å². The largest absolute Gasteiger partial charge is 0.307 e. The maximum Gasteiger partial charge on any atom is 0.224 e. The van der Waals surface area contributed by atoms with Crippen molar-refractivity contribution in [2.75, 3.05) is 0 Å². The molecule has 0 aliphatic rings. The molecular weight excluding hydrogens is 496 g/mol. The van der Waals surface area contributed by atoms with Gasteiger partial charge in [-0.15, -0.1) is 0 Å². The first kappa shape index (κ1) is 26.0. The number of aryl methyl sites for hydroxylation is 3. The van der Waals surface area contributed by atoms with Crippen LogP contribution in [0.25, 0.3) is 60.1 Å². The molecule has 0 amide bonds. The second-order valence-electron chi connectivity index (χ2n) is 13.2. The summed E-state index contributed by atoms with van der Waals surface area (Å²) < 4.78 is 4.91. The molecule has 0 saturated heterocycles. The zero-order valence-corrected chi connectivity index (χ0v) is 26.0. The predicted octanol–water partition coefficient (Wildman–Crippen LogP) is 10.5. The van der Waals surface area contributed by atoms with E-state index in [2.05, 4.69) is 138 Å². The number of pyridine rings is 2. The van der Waals surface area contributed by atoms with Crippen molar-refractivity contribution in [2.45, 2.75) is 73.1 Å². The molecule has 41 heavy (non-hydrogen) atoms. The Kier molecular flexibility index (Phi) is 5.74. The van der Waals surface area contributed by atoms with E-state index >= 15 is 0 Å². The summed E-state index contributed by atoms with van der Waals surface area (Å²) >= 11 is 0. The zero-order chi connectivity index (χ0) is 28.9. The van der Waals surface area contributed by atoms with Gasteiger partial charge in [0, 0.05) is 16.8 Å². The number of benzene rings is 4. The summed E-state index contributed by atoms with van der Waals surface area (Å²) in [6.45, 7) is 18.6. The Hall–Kier alpha value is -3.91. The van der Waals surface area contributed by atoms with Crippen LogP contribution in [0.1, 0.15) is 87.1 Å². The SMILES string of the molecule is Cc1cc2c3ccccc3n3c4cc(-c5c(C(C)C)cc(C(C)C)cc5C(C)C)cc5cc[n+](C)c(c(c1C)c23)c54. The first-order valence-electron chi connectivity index (χ1n) is 15.3. The second kappa shape index (κ2) is 9.05. The quantitative estimate of drug-likeness (QED) is 0.120. The van der Waals surface area contributed by atoms with Crippen molar-refractivity contribution in [1.82, 2.24) is 4.40 Å². The fourth-order valence-electron chi connectivity index (χ4n) is 7.29. The Balaban J connectivity index is 1.75. The van der Waals surface area contributed by atoms with E-state index in [-0.39, 0.29) is 0 Å². The molecule has 0 spiro atoms. The number of hydrogen-bond donors (Lipinski definition) is 0. The van der Waals surface area contributed by atoms with E-state index < -0.39 is 0 Å². The average Bonchev–Trinajstić information content (AvgIpc) is 3.27. The molecule has 0 unspecified atom stereocenters. The van der Waals surface area contributed by atoms with E-state index in [0.29, 0.717) is 17.8 Å². The molecule has 0 N–H and O–H groups in total. The van der Waals surface area contributed by atoms with Gasteiger partial charge in [0.05, 0.1) is 27.3 Å². The third-order valence-corrected chi connectivity index (χ3v) is 9.59. The molecule has 0 aliphatic heterocycles. The van der Waals surface area contributed by atoms with Crippen molar-refractivity contribution in [3.8, 4) is 11.1 Å². The normalized spacial score (nSPS) is 12.7. The van der Waals surface area contributed by atoms with Crippen LogP contribution in [-0.2, 0) is 7.05 Å². The molecule has 0 aliphatic carbocycles. The summed E-state index contributed by atoms with van der Waals surface area (Å²) in [7, 11) is 2.21. The van der Waals surface area contributed by atoms with Gasteiger partial charge >= 0.3 is 0 Å². The Bertz CT molecular complexity index is 2120. The first-order chi connectivity index (χ1) is 19.6. The Morgan fingerprint density at radius 1 is 0.683 bits per heavy atom. The van der Waals surface area contributed by atoms with Crippen molar-refractivity contribution in [1.29, 1.82) is 0 Å². The van der Waals surface area contributed by atoms with Crippen molar-refractivity contribution in [2.24, 2.45) is 7.05 Å². The smallest absolute Gasteiger partial charge is 0.224 e. The Labute approximate surface area is 243 Å². The number of aromatic nitrogens is 2. The standard InChI is InChI=1S/C39H41N2/c1-21(2)27-18-30(22(3)4)36(31(19-27)23(5)6)28-17-26-14-15-40(9)39-35-25(8)24(7)16-32-29-12-10-11-13-33(29)41(38(32)35)34(20-28)37(26)39/h10-23H,1-9H3/q+1. The van der Waals surface area contributed by atoms with Gasteiger partial charge in [-0.05, 0) is 100 Å². The van der Waals surface area contributed by atoms with E-state index in [1.165, 1.54) is 87.9 Å². The van der Waals surface area contributed by atoms with E-state index in [1.807, 2.05) is 0 Å². The van der Waals surface area contributed by atoms with Crippen LogP contribution < -0.4 is 4.57 Å². The summed E-state index contributed by atoms with van der Waals surface area (Å²) in [5.41, 5.74) is 15.1. The van der Waals surface area contributed by atoms with Gasteiger partial charge in [0.25, 0.3) is 0 Å². The van der Waals surface area contributed by atoms with Crippen molar-refractivity contribution >= 4 is 49.0 Å². The monoisotopic (exact) mass is 537 g/mol. The molecule has 7 rings (SSSR count). The molecule has 206 valence electrons. The minimum absolute atomic E-state index is 0.433. The van der Waals surface area contributed by atoms with Gasteiger partial charge in [-0.1, -0.05) is 71.9 Å². The highest BCUT2D eigenvalue weighted by molar-refractivity contribution is 6.26. The van der Waals surface area contributed by atoms with Crippen molar-refractivity contribution < 1.29 is 4.57 Å². The second-order valence-corrected chi connectivity index (χ2v) is 13.2. The number of nitrogens with zero attached hydrogens (tertiary/aromatic N) is 2. The summed E-state index contributed by atoms with van der Waals surface area (Å²) in [6, 6.07) is 23.6. The number of rotatable bonds is 4. The van der Waals surface area contributed by atoms with Crippen LogP contribution in [-0.4, -0.2) is 4.40 Å². The molecule has 0 radical (unpaired) electrons. The summed E-state index contributed by atoms with van der Waals surface area (Å²) in [5, 5.41) is 6.70. The topological polar surface area (TPSA) is 8.29 Å². The third kappa shape index (κ3) is 3.59. The van der Waals surface area contributed by atoms with E-state index in [4.69, 9.17) is 0 Å². The highest BCUT2D eigenvalue weighted by atomic mass is 15.0. The fraction of sp³-hybridized carbons (Fsp3) is 0.308. The highest BCUT2D eigenvalue weighted by Crippen LogP contribution is 2.45. The molecule has 0 saturated carbocycles. The van der Waals surface area contributed by atoms with E-state index in [0.717, 1.165) is 0 Å². The minimum atomic E-state index is 0.433. The van der Waals surface area contributed by atoms with E-state index in [1.54, 1.807) is 0 Å². The number of fused-ring (bicyclic) bond motifs is 5. The Morgan fingerprint density at radius 2 is 1.37 bits per heavy atom. The molecular formula is C39H41N2+. The number of hydrogen-bond acceptors (Lipinski definition) is 0. The maximum atomic E-state index is 2.57. The minimum Gasteiger partial charge on any atom is -0.307 e. The van der Waals surface area contributed by atoms with Crippen LogP contribution in [0.15, 0.2) is 66.9 Å². The van der Waals surface area contributed by atoms with Crippen molar-refractivity contribution in [3.63, 3.8) is 0 Å². The predicted molar refractivity (Wildman–Crippen MR) is 177 cm³/mol. The van der Waals surface area contributed by atoms with Crippen LogP contribution in [0.5, 0.6) is 0 Å². The van der Waals surface area contributed by atoms with E-state index in [9.17, 15) is 0 Å². The summed E-state index contributed by atoms with van der Waals surface area (Å²) in [4.78, 5) is 0. The molecule has 0 bridgehead atoms. The molecule has 0 atom stereocenters. The highest BCUT2D eigenvalue weighted by Gasteiger charge is 2.26. The molecule has 0 fully saturated rings. The first-order valence-corrected chi connectivity index (χ1v) is 15.3. The summed E-state index contributed by atoms with van der Waals surface area (Å²) in [5.74, 6) is 1.37. The Morgan fingerprint density at radius 3 is 2.02 bits per heavy atom. The molecule has 2 heteroatoms. The van der Waals surface area contributed by atoms with Gasteiger partial charge in [0.1, 0.15) is 7.05 Å². The summed E-state index contributed by atoms with van der Waals surface area (Å²) in [6.07, 6.45) is 2.26. The molecule has 3 heterocycles. The molecule has 4 aromatic carbocycles. The van der Waals surface area contributed by atoms with Gasteiger partial charge in [-0.3, -0.25) is 0 Å². The van der Waals surface area contributed by atoms with Gasteiger partial charge in [0.15, 0.2) is 6.20 Å². The maximum absolute atomic E-state index is 2.57. The molecule has 2 nitrogen and oxygen atoms in total. The average molecular weight is 538 g/mol. The number of para-hydroxylation sites is 1. The molecule has 3 aromatic heterocycles. The van der Waals surface area contributed by atoms with Crippen LogP contribution in [0.3, 0.4) is 0 Å². The van der Waals surface area contributed by atoms with Gasteiger partial charge in [-0.25, -0.2) is 4.57 Å². The molecule has 7 aromatic rings. The lowest BCUT2D eigenvalue weighted by molar-refractivity contribution is -0.643. The zero-order valence-electron chi connectivity index (χ0n) is 26.0. The van der Waals surface area contributed by atoms with Gasteiger partial charge in [-0.2, -0.15) is 0 Å².